The number of hydrogen-bond acceptors (Lipinski definition) is 5. The second-order valence-electron chi connectivity index (χ2n) is 4.71. The van der Waals surface area contributed by atoms with Gasteiger partial charge in [-0.15, -0.1) is 0 Å². The fraction of sp³-hybridized carbons (Fsp3) is 0.462. The quantitative estimate of drug-likeness (QED) is 0.891. The molecule has 0 saturated carbocycles. The van der Waals surface area contributed by atoms with E-state index in [1.165, 1.54) is 0 Å². The van der Waals surface area contributed by atoms with E-state index in [0.29, 0.717) is 5.88 Å². The zero-order valence-electron chi connectivity index (χ0n) is 10.9. The van der Waals surface area contributed by atoms with Crippen LogP contribution in [0.1, 0.15) is 12.8 Å². The number of piperidine rings is 1. The third-order valence-electron chi connectivity index (χ3n) is 3.19. The van der Waals surface area contributed by atoms with Gasteiger partial charge in [0.25, 0.3) is 0 Å². The fourth-order valence-electron chi connectivity index (χ4n) is 2.18. The summed E-state index contributed by atoms with van der Waals surface area (Å²) in [5, 5.41) is 7.45. The molecule has 3 rings (SSSR count). The molecular formula is C13H17N5O. The van der Waals surface area contributed by atoms with Crippen LogP contribution in [-0.4, -0.2) is 38.9 Å². The van der Waals surface area contributed by atoms with Crippen molar-refractivity contribution in [3.63, 3.8) is 0 Å². The molecule has 0 bridgehead atoms. The zero-order chi connectivity index (χ0) is 13.1. The number of aromatic nitrogens is 4. The molecular weight excluding hydrogens is 242 g/mol. The van der Waals surface area contributed by atoms with Gasteiger partial charge in [-0.05, 0) is 25.9 Å². The molecule has 1 aliphatic rings. The second-order valence-corrected chi connectivity index (χ2v) is 4.71. The Morgan fingerprint density at radius 1 is 1.26 bits per heavy atom. The minimum Gasteiger partial charge on any atom is -0.473 e. The molecule has 1 N–H and O–H groups in total. The smallest absolute Gasteiger partial charge is 0.233 e. The molecule has 3 heterocycles. The summed E-state index contributed by atoms with van der Waals surface area (Å²) < 4.78 is 7.63. The van der Waals surface area contributed by atoms with Crippen LogP contribution < -0.4 is 10.1 Å². The van der Waals surface area contributed by atoms with Crippen molar-refractivity contribution in [2.24, 2.45) is 7.05 Å². The molecule has 6 nitrogen and oxygen atoms in total. The Morgan fingerprint density at radius 3 is 2.84 bits per heavy atom. The highest BCUT2D eigenvalue weighted by Crippen LogP contribution is 2.19. The summed E-state index contributed by atoms with van der Waals surface area (Å²) in [6.45, 7) is 2.00. The van der Waals surface area contributed by atoms with Crippen molar-refractivity contribution in [1.29, 1.82) is 0 Å². The summed E-state index contributed by atoms with van der Waals surface area (Å²) in [6, 6.07) is 0. The lowest BCUT2D eigenvalue weighted by Gasteiger charge is -2.23. The van der Waals surface area contributed by atoms with Crippen molar-refractivity contribution >= 4 is 0 Å². The molecule has 2 aromatic rings. The first-order valence-electron chi connectivity index (χ1n) is 6.50. The molecule has 0 atom stereocenters. The molecule has 0 radical (unpaired) electrons. The predicted molar refractivity (Wildman–Crippen MR) is 70.8 cm³/mol. The van der Waals surface area contributed by atoms with Crippen molar-refractivity contribution < 1.29 is 4.74 Å². The van der Waals surface area contributed by atoms with E-state index in [-0.39, 0.29) is 6.10 Å². The van der Waals surface area contributed by atoms with E-state index in [1.807, 2.05) is 13.2 Å². The van der Waals surface area contributed by atoms with Gasteiger partial charge in [-0.2, -0.15) is 5.10 Å². The van der Waals surface area contributed by atoms with Gasteiger partial charge >= 0.3 is 0 Å². The van der Waals surface area contributed by atoms with Gasteiger partial charge in [-0.25, -0.2) is 4.98 Å². The van der Waals surface area contributed by atoms with E-state index >= 15 is 0 Å². The van der Waals surface area contributed by atoms with Crippen LogP contribution in [0.3, 0.4) is 0 Å². The number of nitrogens with one attached hydrogen (secondary N) is 1. The summed E-state index contributed by atoms with van der Waals surface area (Å²) in [5.41, 5.74) is 1.74. The minimum atomic E-state index is 0.236. The topological polar surface area (TPSA) is 64.9 Å². The molecule has 1 aliphatic heterocycles. The van der Waals surface area contributed by atoms with Crippen LogP contribution in [-0.2, 0) is 7.05 Å². The highest BCUT2D eigenvalue weighted by atomic mass is 16.5. The summed E-state index contributed by atoms with van der Waals surface area (Å²) in [6.07, 6.45) is 9.35. The molecule has 6 heteroatoms. The molecule has 2 aromatic heterocycles. The first kappa shape index (κ1) is 12.1. The number of ether oxygens (including phenoxy) is 1. The summed E-state index contributed by atoms with van der Waals surface area (Å²) in [7, 11) is 1.88. The monoisotopic (exact) mass is 259 g/mol. The molecule has 1 fully saturated rings. The average molecular weight is 259 g/mol. The van der Waals surface area contributed by atoms with Crippen LogP contribution in [0.15, 0.2) is 24.8 Å². The molecule has 0 unspecified atom stereocenters. The van der Waals surface area contributed by atoms with E-state index in [9.17, 15) is 0 Å². The van der Waals surface area contributed by atoms with E-state index in [1.54, 1.807) is 23.3 Å². The van der Waals surface area contributed by atoms with Crippen molar-refractivity contribution in [2.45, 2.75) is 18.9 Å². The van der Waals surface area contributed by atoms with Crippen molar-refractivity contribution in [1.82, 2.24) is 25.1 Å². The molecule has 0 aliphatic carbocycles. The Bertz CT molecular complexity index is 547. The average Bonchev–Trinajstić information content (AvgIpc) is 2.87. The van der Waals surface area contributed by atoms with E-state index in [0.717, 1.165) is 37.2 Å². The minimum absolute atomic E-state index is 0.236. The van der Waals surface area contributed by atoms with Gasteiger partial charge in [0.2, 0.25) is 5.88 Å². The van der Waals surface area contributed by atoms with Crippen molar-refractivity contribution in [3.05, 3.63) is 24.8 Å². The molecule has 0 amide bonds. The van der Waals surface area contributed by atoms with Crippen LogP contribution in [0.2, 0.25) is 0 Å². The Labute approximate surface area is 111 Å². The predicted octanol–water partition coefficient (Wildman–Crippen LogP) is 1.01. The van der Waals surface area contributed by atoms with Crippen LogP contribution in [0, 0.1) is 0 Å². The Hall–Kier alpha value is -1.95. The summed E-state index contributed by atoms with van der Waals surface area (Å²) >= 11 is 0. The van der Waals surface area contributed by atoms with Gasteiger partial charge in [0, 0.05) is 18.8 Å². The number of rotatable bonds is 3. The Kier molecular flexibility index (Phi) is 3.41. The van der Waals surface area contributed by atoms with Gasteiger partial charge in [0.15, 0.2) is 0 Å². The van der Waals surface area contributed by atoms with Crippen LogP contribution in [0.5, 0.6) is 5.88 Å². The first-order chi connectivity index (χ1) is 9.31. The maximum absolute atomic E-state index is 5.88. The SMILES string of the molecule is Cn1cc(-c2cncc(OC3CCNCC3)n2)cn1. The highest BCUT2D eigenvalue weighted by Gasteiger charge is 2.15. The molecule has 0 spiro atoms. The largest absolute Gasteiger partial charge is 0.473 e. The standard InChI is InChI=1S/C13H17N5O/c1-18-9-10(6-16-18)12-7-15-8-13(17-12)19-11-2-4-14-5-3-11/h6-9,11,14H,2-5H2,1H3. The van der Waals surface area contributed by atoms with E-state index in [2.05, 4.69) is 20.4 Å². The Balaban J connectivity index is 1.75. The molecule has 100 valence electrons. The van der Waals surface area contributed by atoms with Gasteiger partial charge in [-0.3, -0.25) is 9.67 Å². The van der Waals surface area contributed by atoms with Gasteiger partial charge in [-0.1, -0.05) is 0 Å². The highest BCUT2D eigenvalue weighted by molar-refractivity contribution is 5.55. The first-order valence-corrected chi connectivity index (χ1v) is 6.50. The lowest BCUT2D eigenvalue weighted by atomic mass is 10.1. The molecule has 1 saturated heterocycles. The van der Waals surface area contributed by atoms with E-state index < -0.39 is 0 Å². The van der Waals surface area contributed by atoms with Gasteiger partial charge in [0.1, 0.15) is 6.10 Å². The maximum Gasteiger partial charge on any atom is 0.233 e. The van der Waals surface area contributed by atoms with Gasteiger partial charge in [0.05, 0.1) is 24.3 Å². The second kappa shape index (κ2) is 5.36. The lowest BCUT2D eigenvalue weighted by molar-refractivity contribution is 0.155. The normalized spacial score (nSPS) is 16.5. The number of hydrogen-bond donors (Lipinski definition) is 1. The number of nitrogens with zero attached hydrogens (tertiary/aromatic N) is 4. The molecule has 0 aromatic carbocycles. The summed E-state index contributed by atoms with van der Waals surface area (Å²) in [5.74, 6) is 0.591. The van der Waals surface area contributed by atoms with Crippen LogP contribution in [0.4, 0.5) is 0 Å². The Morgan fingerprint density at radius 2 is 2.11 bits per heavy atom. The van der Waals surface area contributed by atoms with Crippen molar-refractivity contribution in [3.8, 4) is 17.1 Å². The lowest BCUT2D eigenvalue weighted by Crippen LogP contribution is -2.34. The summed E-state index contributed by atoms with van der Waals surface area (Å²) in [4.78, 5) is 8.69. The zero-order valence-corrected chi connectivity index (χ0v) is 10.9. The van der Waals surface area contributed by atoms with Gasteiger partial charge < -0.3 is 10.1 Å². The van der Waals surface area contributed by atoms with E-state index in [4.69, 9.17) is 4.74 Å². The number of aryl methyl sites for hydroxylation is 1. The molecule has 19 heavy (non-hydrogen) atoms. The third-order valence-corrected chi connectivity index (χ3v) is 3.19. The van der Waals surface area contributed by atoms with Crippen LogP contribution in [0.25, 0.3) is 11.3 Å². The van der Waals surface area contributed by atoms with Crippen LogP contribution >= 0.6 is 0 Å². The third kappa shape index (κ3) is 2.90. The van der Waals surface area contributed by atoms with Crippen molar-refractivity contribution in [2.75, 3.05) is 13.1 Å². The fourth-order valence-corrected chi connectivity index (χ4v) is 2.18. The maximum atomic E-state index is 5.88.